The maximum Gasteiger partial charge on any atom is 0.304 e. The Balaban J connectivity index is 2.94. The molecule has 2 N–H and O–H groups in total. The van der Waals surface area contributed by atoms with E-state index in [1.807, 2.05) is 0 Å². The Kier molecular flexibility index (Phi) is 5.79. The molecule has 0 radical (unpaired) electrons. The van der Waals surface area contributed by atoms with Crippen LogP contribution >= 0.6 is 0 Å². The van der Waals surface area contributed by atoms with Gasteiger partial charge in [-0.05, 0) is 12.1 Å². The van der Waals surface area contributed by atoms with E-state index in [0.29, 0.717) is 11.5 Å². The van der Waals surface area contributed by atoms with Crippen LogP contribution in [0.5, 0.6) is 11.5 Å². The smallest absolute Gasteiger partial charge is 0.304 e. The molecule has 1 aromatic rings. The van der Waals surface area contributed by atoms with Crippen molar-refractivity contribution < 1.29 is 27.8 Å². The third kappa shape index (κ3) is 4.80. The average molecular weight is 318 g/mol. The number of ether oxygens (including phenoxy) is 2. The number of methoxy groups -OCH3 is 2. The van der Waals surface area contributed by atoms with Crippen LogP contribution in [0.15, 0.2) is 18.2 Å². The third-order valence-electron chi connectivity index (χ3n) is 2.70. The summed E-state index contributed by atoms with van der Waals surface area (Å²) in [6.07, 6.45) is -0.285. The van der Waals surface area contributed by atoms with Crippen LogP contribution in [0.25, 0.3) is 0 Å². The summed E-state index contributed by atoms with van der Waals surface area (Å²) in [5.74, 6) is -0.288. The molecule has 21 heavy (non-hydrogen) atoms. The van der Waals surface area contributed by atoms with Crippen molar-refractivity contribution in [2.24, 2.45) is 0 Å². The number of rotatable bonds is 8. The minimum atomic E-state index is -3.88. The highest BCUT2D eigenvalue weighted by Gasteiger charge is 2.20. The summed E-state index contributed by atoms with van der Waals surface area (Å²) in [6.45, 7) is -0.142. The van der Waals surface area contributed by atoms with Crippen LogP contribution in [0.1, 0.15) is 6.42 Å². The van der Waals surface area contributed by atoms with Gasteiger partial charge in [-0.2, -0.15) is 12.7 Å². The lowest BCUT2D eigenvalue weighted by Crippen LogP contribution is -2.34. The molecule has 0 fully saturated rings. The Morgan fingerprint density at radius 1 is 1.33 bits per heavy atom. The highest BCUT2D eigenvalue weighted by Crippen LogP contribution is 2.29. The number of carboxylic acids is 1. The Bertz CT molecular complexity index is 602. The Morgan fingerprint density at radius 3 is 2.52 bits per heavy atom. The molecule has 0 heterocycles. The lowest BCUT2D eigenvalue weighted by molar-refractivity contribution is -0.137. The number of nitrogens with one attached hydrogen (secondary N) is 1. The van der Waals surface area contributed by atoms with Crippen LogP contribution in [0.2, 0.25) is 0 Å². The zero-order valence-corrected chi connectivity index (χ0v) is 12.8. The van der Waals surface area contributed by atoms with Crippen molar-refractivity contribution in [2.45, 2.75) is 6.42 Å². The number of nitrogens with zero attached hydrogens (tertiary/aromatic N) is 1. The van der Waals surface area contributed by atoms with E-state index in [0.717, 1.165) is 4.31 Å². The lowest BCUT2D eigenvalue weighted by atomic mass is 10.3. The van der Waals surface area contributed by atoms with Crippen molar-refractivity contribution in [3.8, 4) is 11.5 Å². The van der Waals surface area contributed by atoms with Crippen molar-refractivity contribution in [3.63, 3.8) is 0 Å². The molecule has 1 rings (SSSR count). The predicted octanol–water partition coefficient (Wildman–Crippen LogP) is 0.767. The first-order chi connectivity index (χ1) is 9.80. The number of carboxylic acid groups (broad SMARTS) is 1. The molecular weight excluding hydrogens is 300 g/mol. The summed E-state index contributed by atoms with van der Waals surface area (Å²) in [6, 6.07) is 4.67. The molecule has 0 atom stereocenters. The van der Waals surface area contributed by atoms with E-state index in [1.54, 1.807) is 12.1 Å². The second-order valence-electron chi connectivity index (χ2n) is 4.14. The minimum Gasteiger partial charge on any atom is -0.497 e. The monoisotopic (exact) mass is 318 g/mol. The lowest BCUT2D eigenvalue weighted by Gasteiger charge is -2.19. The Morgan fingerprint density at radius 2 is 2.00 bits per heavy atom. The van der Waals surface area contributed by atoms with Gasteiger partial charge in [0.1, 0.15) is 11.5 Å². The zero-order chi connectivity index (χ0) is 16.0. The van der Waals surface area contributed by atoms with Gasteiger partial charge in [-0.3, -0.25) is 9.52 Å². The number of hydrogen-bond donors (Lipinski definition) is 2. The summed E-state index contributed by atoms with van der Waals surface area (Å²) < 4.78 is 37.6. The third-order valence-corrected chi connectivity index (χ3v) is 4.18. The number of carbonyl (C=O) groups is 1. The first-order valence-electron chi connectivity index (χ1n) is 5.98. The zero-order valence-electron chi connectivity index (χ0n) is 12.0. The van der Waals surface area contributed by atoms with Gasteiger partial charge >= 0.3 is 16.2 Å². The fraction of sp³-hybridized carbons (Fsp3) is 0.417. The Labute approximate surface area is 123 Å². The minimum absolute atomic E-state index is 0.142. The van der Waals surface area contributed by atoms with Gasteiger partial charge in [0.05, 0.1) is 26.3 Å². The van der Waals surface area contributed by atoms with E-state index in [2.05, 4.69) is 4.72 Å². The number of hydrogen-bond acceptors (Lipinski definition) is 5. The largest absolute Gasteiger partial charge is 0.497 e. The second kappa shape index (κ2) is 7.14. The molecule has 0 aliphatic rings. The van der Waals surface area contributed by atoms with Crippen LogP contribution in [0.4, 0.5) is 5.69 Å². The van der Waals surface area contributed by atoms with Crippen molar-refractivity contribution in [1.82, 2.24) is 4.31 Å². The molecule has 1 aromatic carbocycles. The van der Waals surface area contributed by atoms with Crippen LogP contribution in [0.3, 0.4) is 0 Å². The van der Waals surface area contributed by atoms with Crippen molar-refractivity contribution in [1.29, 1.82) is 0 Å². The summed E-state index contributed by atoms with van der Waals surface area (Å²) in [5, 5.41) is 8.59. The molecule has 0 aliphatic heterocycles. The van der Waals surface area contributed by atoms with Crippen molar-refractivity contribution >= 4 is 21.9 Å². The molecule has 0 amide bonds. The van der Waals surface area contributed by atoms with Crippen LogP contribution in [0, 0.1) is 0 Å². The van der Waals surface area contributed by atoms with E-state index in [9.17, 15) is 13.2 Å². The van der Waals surface area contributed by atoms with Gasteiger partial charge in [0, 0.05) is 19.7 Å². The summed E-state index contributed by atoms with van der Waals surface area (Å²) >= 11 is 0. The summed E-state index contributed by atoms with van der Waals surface area (Å²) in [5.41, 5.74) is 0.207. The van der Waals surface area contributed by atoms with Crippen LogP contribution in [-0.2, 0) is 15.0 Å². The predicted molar refractivity (Wildman–Crippen MR) is 77.0 cm³/mol. The SMILES string of the molecule is COc1ccc(OC)c(NS(=O)(=O)N(C)CCC(=O)O)c1. The highest BCUT2D eigenvalue weighted by atomic mass is 32.2. The van der Waals surface area contributed by atoms with Gasteiger partial charge in [-0.25, -0.2) is 0 Å². The standard InChI is InChI=1S/C12H18N2O6S/c1-14(7-6-12(15)16)21(17,18)13-10-8-9(19-2)4-5-11(10)20-3/h4-5,8,13H,6-7H2,1-3H3,(H,15,16). The first-order valence-corrected chi connectivity index (χ1v) is 7.42. The van der Waals surface area contributed by atoms with Crippen LogP contribution < -0.4 is 14.2 Å². The molecule has 8 nitrogen and oxygen atoms in total. The number of anilines is 1. The first kappa shape index (κ1) is 17.1. The van der Waals surface area contributed by atoms with Gasteiger partial charge < -0.3 is 14.6 Å². The molecular formula is C12H18N2O6S. The molecule has 0 spiro atoms. The van der Waals surface area contributed by atoms with Crippen molar-refractivity contribution in [3.05, 3.63) is 18.2 Å². The molecule has 0 saturated carbocycles. The van der Waals surface area contributed by atoms with Gasteiger partial charge in [0.25, 0.3) is 0 Å². The van der Waals surface area contributed by atoms with E-state index >= 15 is 0 Å². The topological polar surface area (TPSA) is 105 Å². The summed E-state index contributed by atoms with van der Waals surface area (Å²) in [4.78, 5) is 10.5. The number of benzene rings is 1. The normalized spacial score (nSPS) is 11.2. The maximum atomic E-state index is 12.1. The molecule has 0 unspecified atom stereocenters. The van der Waals surface area contributed by atoms with Gasteiger partial charge in [-0.15, -0.1) is 0 Å². The number of aliphatic carboxylic acids is 1. The molecule has 0 aliphatic carbocycles. The molecule has 118 valence electrons. The fourth-order valence-corrected chi connectivity index (χ4v) is 2.41. The van der Waals surface area contributed by atoms with E-state index in [1.165, 1.54) is 27.3 Å². The van der Waals surface area contributed by atoms with E-state index < -0.39 is 16.2 Å². The van der Waals surface area contributed by atoms with Gasteiger partial charge in [0.15, 0.2) is 0 Å². The second-order valence-corrected chi connectivity index (χ2v) is 5.92. The molecule has 0 aromatic heterocycles. The molecule has 0 bridgehead atoms. The van der Waals surface area contributed by atoms with Gasteiger partial charge in [0.2, 0.25) is 0 Å². The quantitative estimate of drug-likeness (QED) is 0.733. The fourth-order valence-electron chi connectivity index (χ4n) is 1.48. The van der Waals surface area contributed by atoms with E-state index in [4.69, 9.17) is 14.6 Å². The Hall–Kier alpha value is -2.00. The highest BCUT2D eigenvalue weighted by molar-refractivity contribution is 7.90. The molecule has 9 heteroatoms. The molecule has 0 saturated heterocycles. The van der Waals surface area contributed by atoms with Crippen LogP contribution in [-0.4, -0.2) is 51.6 Å². The summed E-state index contributed by atoms with van der Waals surface area (Å²) in [7, 11) is 0.275. The maximum absolute atomic E-state index is 12.1. The average Bonchev–Trinajstić information content (AvgIpc) is 2.43. The van der Waals surface area contributed by atoms with E-state index in [-0.39, 0.29) is 18.7 Å². The van der Waals surface area contributed by atoms with Gasteiger partial charge in [-0.1, -0.05) is 0 Å². The van der Waals surface area contributed by atoms with Crippen molar-refractivity contribution in [2.75, 3.05) is 32.5 Å².